The molecule has 0 bridgehead atoms. The molecule has 2 aromatic rings. The second kappa shape index (κ2) is 6.81. The van der Waals surface area contributed by atoms with Gasteiger partial charge in [-0.3, -0.25) is 14.5 Å². The average molecular weight is 497 g/mol. The van der Waals surface area contributed by atoms with Gasteiger partial charge < -0.3 is 10.4 Å². The fourth-order valence-electron chi connectivity index (χ4n) is 6.35. The zero-order valence-corrected chi connectivity index (χ0v) is 18.8. The average Bonchev–Trinajstić information content (AvgIpc) is 3.40. The van der Waals surface area contributed by atoms with Crippen molar-refractivity contribution in [2.75, 3.05) is 16.8 Å². The molecule has 2 N–H and O–H groups in total. The van der Waals surface area contributed by atoms with Crippen molar-refractivity contribution < 1.29 is 19.1 Å². The van der Waals surface area contributed by atoms with E-state index in [1.165, 1.54) is 6.07 Å². The third kappa shape index (κ3) is 2.43. The van der Waals surface area contributed by atoms with Crippen molar-refractivity contribution in [3.8, 4) is 0 Å². The standard InChI is InChI=1S/C22H17Cl3FN3O3/c23-9-4-11(26)8-12(5-9)29-19(30)16-15-2-1-3-28(15)22(17(16)20(29)31)13-6-10(24)7-14(25)18(13)27-21(22)32/h4-8,15-17,21,27,32H,1-3H2. The second-order valence-electron chi connectivity index (χ2n) is 8.73. The molecule has 0 radical (unpaired) electrons. The lowest BCUT2D eigenvalue weighted by Gasteiger charge is -2.41. The van der Waals surface area contributed by atoms with Gasteiger partial charge in [0, 0.05) is 21.7 Å². The number of hydrogen-bond donors (Lipinski definition) is 2. The lowest BCUT2D eigenvalue weighted by Crippen LogP contribution is -2.56. The Hall–Kier alpha value is -1.90. The number of hydrogen-bond acceptors (Lipinski definition) is 5. The van der Waals surface area contributed by atoms with Crippen LogP contribution >= 0.6 is 34.8 Å². The van der Waals surface area contributed by atoms with Crippen LogP contribution in [0.3, 0.4) is 0 Å². The molecule has 3 saturated heterocycles. The minimum atomic E-state index is -1.21. The van der Waals surface area contributed by atoms with Gasteiger partial charge in [-0.05, 0) is 49.7 Å². The van der Waals surface area contributed by atoms with Crippen molar-refractivity contribution >= 4 is 58.0 Å². The molecule has 6 rings (SSSR count). The van der Waals surface area contributed by atoms with Crippen molar-refractivity contribution in [3.63, 3.8) is 0 Å². The van der Waals surface area contributed by atoms with Crippen molar-refractivity contribution in [1.29, 1.82) is 0 Å². The molecule has 0 saturated carbocycles. The van der Waals surface area contributed by atoms with E-state index in [9.17, 15) is 19.1 Å². The number of rotatable bonds is 1. The van der Waals surface area contributed by atoms with E-state index in [4.69, 9.17) is 34.8 Å². The third-order valence-corrected chi connectivity index (χ3v) is 8.04. The van der Waals surface area contributed by atoms with Crippen LogP contribution in [-0.2, 0) is 15.1 Å². The zero-order valence-electron chi connectivity index (χ0n) is 16.5. The highest BCUT2D eigenvalue weighted by atomic mass is 35.5. The van der Waals surface area contributed by atoms with Crippen LogP contribution in [0.15, 0.2) is 30.3 Å². The van der Waals surface area contributed by atoms with Gasteiger partial charge in [-0.25, -0.2) is 9.29 Å². The number of halogens is 4. The summed E-state index contributed by atoms with van der Waals surface area (Å²) in [5, 5.41) is 15.1. The molecule has 4 aliphatic heterocycles. The summed E-state index contributed by atoms with van der Waals surface area (Å²) in [7, 11) is 0. The number of benzene rings is 2. The van der Waals surface area contributed by atoms with Gasteiger partial charge in [0.25, 0.3) is 0 Å². The van der Waals surface area contributed by atoms with E-state index in [2.05, 4.69) is 10.2 Å². The fraction of sp³-hybridized carbons (Fsp3) is 0.364. The van der Waals surface area contributed by atoms with Crippen molar-refractivity contribution in [3.05, 3.63) is 56.8 Å². The molecule has 5 unspecified atom stereocenters. The number of carbonyl (C=O) groups excluding carboxylic acids is 2. The van der Waals surface area contributed by atoms with Crippen LogP contribution in [0.1, 0.15) is 18.4 Å². The normalized spacial score (nSPS) is 33.1. The van der Waals surface area contributed by atoms with Crippen LogP contribution in [0.4, 0.5) is 15.8 Å². The van der Waals surface area contributed by atoms with Crippen molar-refractivity contribution in [2.45, 2.75) is 30.7 Å². The lowest BCUT2D eigenvalue weighted by molar-refractivity contribution is -0.127. The first kappa shape index (κ1) is 20.7. The smallest absolute Gasteiger partial charge is 0.240 e. The minimum Gasteiger partial charge on any atom is -0.371 e. The molecule has 2 aromatic carbocycles. The van der Waals surface area contributed by atoms with Crippen LogP contribution in [-0.4, -0.2) is 40.6 Å². The number of amides is 2. The summed E-state index contributed by atoms with van der Waals surface area (Å²) in [5.41, 5.74) is -0.0256. The third-order valence-electron chi connectivity index (χ3n) is 7.30. The van der Waals surface area contributed by atoms with Crippen molar-refractivity contribution in [1.82, 2.24) is 4.90 Å². The number of fused-ring (bicyclic) bond motifs is 7. The van der Waals surface area contributed by atoms with E-state index in [-0.39, 0.29) is 16.8 Å². The molecule has 5 atom stereocenters. The number of aliphatic hydroxyl groups excluding tert-OH is 1. The van der Waals surface area contributed by atoms with E-state index < -0.39 is 41.2 Å². The number of anilines is 2. The Morgan fingerprint density at radius 1 is 1.06 bits per heavy atom. The number of carbonyl (C=O) groups is 2. The van der Waals surface area contributed by atoms with Gasteiger partial charge in [-0.2, -0.15) is 0 Å². The molecule has 4 aliphatic rings. The van der Waals surface area contributed by atoms with Gasteiger partial charge in [-0.15, -0.1) is 0 Å². The maximum atomic E-state index is 14.1. The van der Waals surface area contributed by atoms with Gasteiger partial charge >= 0.3 is 0 Å². The highest BCUT2D eigenvalue weighted by Gasteiger charge is 2.74. The van der Waals surface area contributed by atoms with Gasteiger partial charge in [0.2, 0.25) is 11.8 Å². The zero-order chi connectivity index (χ0) is 22.5. The summed E-state index contributed by atoms with van der Waals surface area (Å²) < 4.78 is 14.1. The molecular formula is C22H17Cl3FN3O3. The van der Waals surface area contributed by atoms with Gasteiger partial charge in [0.15, 0.2) is 0 Å². The van der Waals surface area contributed by atoms with Crippen LogP contribution in [0.2, 0.25) is 15.1 Å². The monoisotopic (exact) mass is 495 g/mol. The number of aliphatic hydroxyl groups is 1. The molecule has 1 spiro atoms. The Bertz CT molecular complexity index is 1190. The summed E-state index contributed by atoms with van der Waals surface area (Å²) in [6.07, 6.45) is 0.340. The molecule has 3 fully saturated rings. The molecule has 166 valence electrons. The number of nitrogens with zero attached hydrogens (tertiary/aromatic N) is 2. The highest BCUT2D eigenvalue weighted by Crippen LogP contribution is 2.63. The first-order valence-corrected chi connectivity index (χ1v) is 11.4. The Balaban J connectivity index is 1.57. The molecular weight excluding hydrogens is 480 g/mol. The van der Waals surface area contributed by atoms with Crippen LogP contribution in [0, 0.1) is 17.7 Å². The SMILES string of the molecule is O=C1C2C3CCCN3C3(c4cc(Cl)cc(Cl)c4NC3O)C2C(=O)N1c1cc(F)cc(Cl)c1. The number of nitrogens with one attached hydrogen (secondary N) is 1. The summed E-state index contributed by atoms with van der Waals surface area (Å²) in [6.45, 7) is 0.617. The first-order chi connectivity index (χ1) is 15.2. The Morgan fingerprint density at radius 3 is 2.56 bits per heavy atom. The summed E-state index contributed by atoms with van der Waals surface area (Å²) >= 11 is 18.7. The molecule has 32 heavy (non-hydrogen) atoms. The topological polar surface area (TPSA) is 72.9 Å². The lowest BCUT2D eigenvalue weighted by atomic mass is 9.75. The molecule has 2 amide bonds. The number of imide groups is 1. The summed E-state index contributed by atoms with van der Waals surface area (Å²) in [4.78, 5) is 30.5. The molecule has 4 heterocycles. The van der Waals surface area contributed by atoms with E-state index in [1.54, 1.807) is 12.1 Å². The van der Waals surface area contributed by atoms with Crippen LogP contribution in [0.25, 0.3) is 0 Å². The van der Waals surface area contributed by atoms with Gasteiger partial charge in [0.1, 0.15) is 17.6 Å². The summed E-state index contributed by atoms with van der Waals surface area (Å²) in [6, 6.07) is 6.64. The van der Waals surface area contributed by atoms with E-state index in [1.807, 2.05) is 0 Å². The minimum absolute atomic E-state index is 0.0846. The maximum absolute atomic E-state index is 14.1. The predicted molar refractivity (Wildman–Crippen MR) is 118 cm³/mol. The van der Waals surface area contributed by atoms with E-state index >= 15 is 0 Å². The predicted octanol–water partition coefficient (Wildman–Crippen LogP) is 4.01. The largest absolute Gasteiger partial charge is 0.371 e. The van der Waals surface area contributed by atoms with E-state index in [0.29, 0.717) is 34.3 Å². The molecule has 6 nitrogen and oxygen atoms in total. The van der Waals surface area contributed by atoms with Crippen LogP contribution < -0.4 is 10.2 Å². The van der Waals surface area contributed by atoms with Gasteiger partial charge in [0.05, 0.1) is 28.2 Å². The maximum Gasteiger partial charge on any atom is 0.240 e. The molecule has 0 aromatic heterocycles. The van der Waals surface area contributed by atoms with Gasteiger partial charge in [-0.1, -0.05) is 34.8 Å². The Morgan fingerprint density at radius 2 is 1.81 bits per heavy atom. The Kier molecular flexibility index (Phi) is 4.40. The highest BCUT2D eigenvalue weighted by molar-refractivity contribution is 6.37. The first-order valence-electron chi connectivity index (χ1n) is 10.3. The van der Waals surface area contributed by atoms with Crippen molar-refractivity contribution in [2.24, 2.45) is 11.8 Å². The molecule has 10 heteroatoms. The summed E-state index contributed by atoms with van der Waals surface area (Å²) in [5.74, 6) is -3.13. The van der Waals surface area contributed by atoms with Crippen LogP contribution in [0.5, 0.6) is 0 Å². The Labute approximate surface area is 197 Å². The molecule has 0 aliphatic carbocycles. The second-order valence-corrected chi connectivity index (χ2v) is 10.0. The van der Waals surface area contributed by atoms with E-state index in [0.717, 1.165) is 23.5 Å². The quantitative estimate of drug-likeness (QED) is 0.584. The fourth-order valence-corrected chi connectivity index (χ4v) is 7.11.